The quantitative estimate of drug-likeness (QED) is 0.452. The lowest BCUT2D eigenvalue weighted by Crippen LogP contribution is -2.40. The summed E-state index contributed by atoms with van der Waals surface area (Å²) in [7, 11) is -3.01. The summed E-state index contributed by atoms with van der Waals surface area (Å²) in [5.74, 6) is 0. The lowest BCUT2D eigenvalue weighted by Gasteiger charge is -2.35. The number of halogens is 1. The van der Waals surface area contributed by atoms with Crippen LogP contribution in [0.25, 0.3) is 0 Å². The summed E-state index contributed by atoms with van der Waals surface area (Å²) >= 11 is 2.35. The van der Waals surface area contributed by atoms with Crippen LogP contribution in [0.15, 0.2) is 9.66 Å². The maximum Gasteiger partial charge on any atom is 0.192 e. The zero-order valence-electron chi connectivity index (χ0n) is 13.2. The Kier molecular flexibility index (Phi) is 7.33. The summed E-state index contributed by atoms with van der Waals surface area (Å²) in [5.41, 5.74) is 0. The Morgan fingerprint density at radius 2 is 1.56 bits per heavy atom. The van der Waals surface area contributed by atoms with E-state index in [1.807, 2.05) is 0 Å². The van der Waals surface area contributed by atoms with Crippen molar-refractivity contribution in [2.45, 2.75) is 58.5 Å². The van der Waals surface area contributed by atoms with Gasteiger partial charge in [-0.2, -0.15) is 0 Å². The van der Waals surface area contributed by atoms with Gasteiger partial charge in [0.25, 0.3) is 0 Å². The van der Waals surface area contributed by atoms with Crippen molar-refractivity contribution in [3.05, 3.63) is 9.66 Å². The second kappa shape index (κ2) is 7.01. The van der Waals surface area contributed by atoms with Gasteiger partial charge in [0.1, 0.15) is 0 Å². The Morgan fingerprint density at radius 1 is 1.06 bits per heavy atom. The lowest BCUT2D eigenvalue weighted by atomic mass is 10.2. The molecule has 0 rings (SSSR count). The van der Waals surface area contributed by atoms with Gasteiger partial charge in [0.2, 0.25) is 0 Å². The van der Waals surface area contributed by atoms with Gasteiger partial charge in [-0.05, 0) is 66.4 Å². The first-order valence-corrected chi connectivity index (χ1v) is 13.9. The lowest BCUT2D eigenvalue weighted by molar-refractivity contribution is 0.323. The average Bonchev–Trinajstić information content (AvgIpc) is 2.11. The topological polar surface area (TPSA) is 18.5 Å². The van der Waals surface area contributed by atoms with Crippen LogP contribution in [0.3, 0.4) is 0 Å². The Labute approximate surface area is 129 Å². The van der Waals surface area contributed by atoms with E-state index in [2.05, 4.69) is 82.2 Å². The van der Waals surface area contributed by atoms with Gasteiger partial charge in [-0.1, -0.05) is 20.8 Å². The molecule has 0 aliphatic rings. The van der Waals surface area contributed by atoms with E-state index < -0.39 is 16.6 Å². The molecule has 0 unspecified atom stereocenters. The van der Waals surface area contributed by atoms with Crippen molar-refractivity contribution in [1.29, 1.82) is 0 Å². The van der Waals surface area contributed by atoms with Gasteiger partial charge < -0.3 is 8.85 Å². The zero-order valence-corrected chi connectivity index (χ0v) is 17.3. The molecule has 0 N–H and O–H groups in total. The summed E-state index contributed by atoms with van der Waals surface area (Å²) in [6.07, 6.45) is 2.15. The van der Waals surface area contributed by atoms with Crippen LogP contribution in [-0.4, -0.2) is 29.8 Å². The highest BCUT2D eigenvalue weighted by Crippen LogP contribution is 2.36. The summed E-state index contributed by atoms with van der Waals surface area (Å²) in [6.45, 7) is 19.4. The SMILES string of the molecule is CC(C)(C)[Si](C)(C)OC/C=C(\I)CO[Si](C)(C)C. The van der Waals surface area contributed by atoms with Gasteiger partial charge in [0.05, 0.1) is 13.2 Å². The van der Waals surface area contributed by atoms with Crippen LogP contribution in [0.4, 0.5) is 0 Å². The molecule has 0 bridgehead atoms. The second-order valence-electron chi connectivity index (χ2n) is 7.12. The van der Waals surface area contributed by atoms with Crippen LogP contribution in [0, 0.1) is 0 Å². The van der Waals surface area contributed by atoms with Crippen LogP contribution < -0.4 is 0 Å². The van der Waals surface area contributed by atoms with Gasteiger partial charge >= 0.3 is 0 Å². The first-order chi connectivity index (χ1) is 7.85. The van der Waals surface area contributed by atoms with Gasteiger partial charge in [-0.3, -0.25) is 0 Å². The van der Waals surface area contributed by atoms with Gasteiger partial charge in [-0.25, -0.2) is 0 Å². The molecular formula is C13H29IO2Si2. The van der Waals surface area contributed by atoms with E-state index in [4.69, 9.17) is 8.85 Å². The first kappa shape index (κ1) is 18.8. The van der Waals surface area contributed by atoms with Crippen molar-refractivity contribution < 1.29 is 8.85 Å². The molecule has 0 aliphatic heterocycles. The molecule has 0 radical (unpaired) electrons. The predicted molar refractivity (Wildman–Crippen MR) is 94.6 cm³/mol. The molecule has 0 aliphatic carbocycles. The molecule has 2 nitrogen and oxygen atoms in total. The van der Waals surface area contributed by atoms with Gasteiger partial charge in [0.15, 0.2) is 16.6 Å². The van der Waals surface area contributed by atoms with E-state index in [1.54, 1.807) is 0 Å². The molecule has 0 fully saturated rings. The first-order valence-electron chi connectivity index (χ1n) is 6.48. The summed E-state index contributed by atoms with van der Waals surface area (Å²) in [5, 5.41) is 0.279. The molecular weight excluding hydrogens is 371 g/mol. The molecule has 5 heteroatoms. The fourth-order valence-electron chi connectivity index (χ4n) is 0.901. The van der Waals surface area contributed by atoms with Crippen LogP contribution in [0.5, 0.6) is 0 Å². The molecule has 18 heavy (non-hydrogen) atoms. The zero-order chi connectivity index (χ0) is 14.6. The standard InChI is InChI=1S/C13H29IO2Si2/c1-13(2,3)18(7,8)15-10-9-12(14)11-16-17(4,5)6/h9H,10-11H2,1-8H3/b12-9-. The average molecular weight is 400 g/mol. The van der Waals surface area contributed by atoms with E-state index in [-0.39, 0.29) is 5.04 Å². The minimum absolute atomic E-state index is 0.279. The van der Waals surface area contributed by atoms with E-state index >= 15 is 0 Å². The Balaban J connectivity index is 4.17. The molecule has 0 aromatic heterocycles. The van der Waals surface area contributed by atoms with Crippen molar-refractivity contribution in [1.82, 2.24) is 0 Å². The normalized spacial score (nSPS) is 15.1. The molecule has 0 saturated carbocycles. The summed E-state index contributed by atoms with van der Waals surface area (Å²) in [4.78, 5) is 0. The molecule has 0 heterocycles. The Morgan fingerprint density at radius 3 is 1.94 bits per heavy atom. The van der Waals surface area contributed by atoms with Crippen LogP contribution in [0.1, 0.15) is 20.8 Å². The fraction of sp³-hybridized carbons (Fsp3) is 0.846. The third-order valence-electron chi connectivity index (χ3n) is 3.20. The van der Waals surface area contributed by atoms with Crippen LogP contribution >= 0.6 is 22.6 Å². The highest BCUT2D eigenvalue weighted by Gasteiger charge is 2.36. The van der Waals surface area contributed by atoms with Crippen molar-refractivity contribution in [3.63, 3.8) is 0 Å². The third-order valence-corrected chi connectivity index (χ3v) is 9.46. The summed E-state index contributed by atoms with van der Waals surface area (Å²) < 4.78 is 13.2. The molecule has 0 aromatic carbocycles. The molecule has 0 amide bonds. The predicted octanol–water partition coefficient (Wildman–Crippen LogP) is 5.18. The van der Waals surface area contributed by atoms with Crippen molar-refractivity contribution in [2.75, 3.05) is 13.2 Å². The Bertz CT molecular complexity index is 288. The molecule has 108 valence electrons. The van der Waals surface area contributed by atoms with Crippen LogP contribution in [-0.2, 0) is 8.85 Å². The van der Waals surface area contributed by atoms with E-state index in [9.17, 15) is 0 Å². The summed E-state index contributed by atoms with van der Waals surface area (Å²) in [6, 6.07) is 0. The van der Waals surface area contributed by atoms with E-state index in [0.29, 0.717) is 6.61 Å². The number of hydrogen-bond acceptors (Lipinski definition) is 2. The van der Waals surface area contributed by atoms with Gasteiger partial charge in [-0.15, -0.1) is 0 Å². The maximum absolute atomic E-state index is 6.11. The number of hydrogen-bond donors (Lipinski definition) is 0. The molecule has 0 atom stereocenters. The minimum Gasteiger partial charge on any atom is -0.413 e. The molecule has 0 aromatic rings. The van der Waals surface area contributed by atoms with Gasteiger partial charge in [0, 0.05) is 3.58 Å². The fourth-order valence-corrected chi connectivity index (χ4v) is 3.05. The van der Waals surface area contributed by atoms with E-state index in [0.717, 1.165) is 6.61 Å². The highest BCUT2D eigenvalue weighted by molar-refractivity contribution is 14.1. The molecule has 0 spiro atoms. The highest BCUT2D eigenvalue weighted by atomic mass is 127. The molecule has 0 saturated heterocycles. The third kappa shape index (κ3) is 8.09. The largest absolute Gasteiger partial charge is 0.413 e. The monoisotopic (exact) mass is 400 g/mol. The van der Waals surface area contributed by atoms with Crippen molar-refractivity contribution >= 4 is 39.2 Å². The van der Waals surface area contributed by atoms with Crippen LogP contribution in [0.2, 0.25) is 37.8 Å². The Hall–Kier alpha value is 0.824. The maximum atomic E-state index is 6.11. The number of rotatable bonds is 6. The van der Waals surface area contributed by atoms with E-state index in [1.165, 1.54) is 3.58 Å². The second-order valence-corrected chi connectivity index (χ2v) is 17.8. The minimum atomic E-state index is -1.61. The smallest absolute Gasteiger partial charge is 0.192 e. The van der Waals surface area contributed by atoms with Crippen molar-refractivity contribution in [2.24, 2.45) is 0 Å². The van der Waals surface area contributed by atoms with Crippen molar-refractivity contribution in [3.8, 4) is 0 Å².